The van der Waals surface area contributed by atoms with Crippen LogP contribution >= 0.6 is 0 Å². The number of fused-ring (bicyclic) bond motifs is 1. The van der Waals surface area contributed by atoms with Crippen molar-refractivity contribution < 1.29 is 14.0 Å². The average Bonchev–Trinajstić information content (AvgIpc) is 3.25. The van der Waals surface area contributed by atoms with E-state index in [4.69, 9.17) is 21.7 Å². The molecule has 0 spiro atoms. The van der Waals surface area contributed by atoms with Crippen molar-refractivity contribution in [2.45, 2.75) is 46.6 Å². The topological polar surface area (TPSA) is 128 Å². The van der Waals surface area contributed by atoms with Crippen LogP contribution in [0.5, 0.6) is 0 Å². The fourth-order valence-corrected chi connectivity index (χ4v) is 4.86. The van der Waals surface area contributed by atoms with Crippen LogP contribution in [0.4, 0.5) is 4.39 Å². The van der Waals surface area contributed by atoms with Crippen molar-refractivity contribution >= 4 is 22.7 Å². The zero-order chi connectivity index (χ0) is 27.7. The largest absolute Gasteiger partial charge is 0.366 e. The number of carbonyl (C=O) groups is 2. The minimum Gasteiger partial charge on any atom is -0.366 e. The lowest BCUT2D eigenvalue weighted by atomic mass is 9.87. The molecule has 0 radical (unpaired) electrons. The molecule has 4 N–H and O–H groups in total. The summed E-state index contributed by atoms with van der Waals surface area (Å²) in [4.78, 5) is 30.2. The molecule has 0 aliphatic carbocycles. The highest BCUT2D eigenvalue weighted by atomic mass is 19.1. The van der Waals surface area contributed by atoms with E-state index >= 15 is 0 Å². The number of carbonyl (C=O) groups excluding carboxylic acids is 2. The summed E-state index contributed by atoms with van der Waals surface area (Å²) in [5.41, 5.74) is 16.0. The zero-order valence-electron chi connectivity index (χ0n) is 21.9. The minimum absolute atomic E-state index is 0.00458. The van der Waals surface area contributed by atoms with Crippen molar-refractivity contribution in [2.75, 3.05) is 0 Å². The summed E-state index contributed by atoms with van der Waals surface area (Å²) < 4.78 is 15.7. The number of aromatic nitrogens is 2. The van der Waals surface area contributed by atoms with Gasteiger partial charge in [0.25, 0.3) is 11.8 Å². The first-order chi connectivity index (χ1) is 18.0. The maximum absolute atomic E-state index is 13.8. The number of nitrogens with zero attached hydrogens (tertiary/aromatic N) is 3. The molecule has 194 valence electrons. The summed E-state index contributed by atoms with van der Waals surface area (Å²) in [5.74, 6) is -1.79. The van der Waals surface area contributed by atoms with Crippen LogP contribution in [-0.2, 0) is 13.0 Å². The predicted molar refractivity (Wildman–Crippen MR) is 145 cm³/mol. The number of primary amides is 2. The van der Waals surface area contributed by atoms with Crippen molar-refractivity contribution in [3.8, 4) is 17.2 Å². The Labute approximate surface area is 220 Å². The molecule has 2 heterocycles. The average molecular weight is 512 g/mol. The Morgan fingerprint density at radius 1 is 1.03 bits per heavy atom. The Morgan fingerprint density at radius 3 is 2.34 bits per heavy atom. The van der Waals surface area contributed by atoms with E-state index in [0.717, 1.165) is 16.5 Å². The Morgan fingerprint density at radius 2 is 1.74 bits per heavy atom. The smallest absolute Gasteiger partial charge is 0.251 e. The van der Waals surface area contributed by atoms with Gasteiger partial charge in [0.1, 0.15) is 11.9 Å². The summed E-state index contributed by atoms with van der Waals surface area (Å²) >= 11 is 0. The number of pyridine rings is 1. The number of benzene rings is 2. The molecule has 0 fully saturated rings. The Kier molecular flexibility index (Phi) is 7.31. The van der Waals surface area contributed by atoms with E-state index in [9.17, 15) is 14.0 Å². The third-order valence-corrected chi connectivity index (χ3v) is 6.51. The lowest BCUT2D eigenvalue weighted by molar-refractivity contribution is 0.0998. The van der Waals surface area contributed by atoms with Gasteiger partial charge in [0.15, 0.2) is 0 Å². The standard InChI is InChI=1S/C30H30FN5O2/c1-16(2)11-23-26(29(33)37)25(27(30(34)38)28(35-23)17(3)4)20-6-8-24-19(13-20)9-10-36(24)15-18-5-7-22(31)21(12-18)14-32/h5-10,12-13,16-17H,11,15H2,1-4H3,(H2,33,37)(H2,34,38). The van der Waals surface area contributed by atoms with E-state index in [1.54, 1.807) is 6.07 Å². The highest BCUT2D eigenvalue weighted by molar-refractivity contribution is 6.10. The van der Waals surface area contributed by atoms with Gasteiger partial charge >= 0.3 is 0 Å². The molecule has 2 aromatic carbocycles. The SMILES string of the molecule is CC(C)Cc1nc(C(C)C)c(C(N)=O)c(-c2ccc3c(ccn3Cc3ccc(F)c(C#N)c3)c2)c1C(N)=O. The summed E-state index contributed by atoms with van der Waals surface area (Å²) in [6.45, 7) is 8.34. The molecular weight excluding hydrogens is 481 g/mol. The second-order valence-electron chi connectivity index (χ2n) is 10.2. The zero-order valence-corrected chi connectivity index (χ0v) is 21.9. The fraction of sp³-hybridized carbons (Fsp3) is 0.267. The molecule has 0 unspecified atom stereocenters. The lowest BCUT2D eigenvalue weighted by Gasteiger charge is -2.21. The second-order valence-corrected chi connectivity index (χ2v) is 10.2. The summed E-state index contributed by atoms with van der Waals surface area (Å²) in [5, 5.41) is 10.0. The van der Waals surface area contributed by atoms with Crippen molar-refractivity contribution in [3.63, 3.8) is 0 Å². The molecular formula is C30H30FN5O2. The van der Waals surface area contributed by atoms with E-state index in [-0.39, 0.29) is 28.5 Å². The molecule has 0 saturated heterocycles. The van der Waals surface area contributed by atoms with E-state index in [2.05, 4.69) is 0 Å². The van der Waals surface area contributed by atoms with Gasteiger partial charge in [-0.05, 0) is 59.7 Å². The Balaban J connectivity index is 1.91. The van der Waals surface area contributed by atoms with Gasteiger partial charge in [0, 0.05) is 29.2 Å². The van der Waals surface area contributed by atoms with Crippen LogP contribution in [0.25, 0.3) is 22.0 Å². The van der Waals surface area contributed by atoms with Gasteiger partial charge in [-0.15, -0.1) is 0 Å². The first-order valence-corrected chi connectivity index (χ1v) is 12.5. The molecule has 8 heteroatoms. The van der Waals surface area contributed by atoms with Crippen LogP contribution in [0.15, 0.2) is 48.7 Å². The third-order valence-electron chi connectivity index (χ3n) is 6.51. The third kappa shape index (κ3) is 5.00. The molecule has 0 saturated carbocycles. The molecule has 0 atom stereocenters. The van der Waals surface area contributed by atoms with Crippen LogP contribution < -0.4 is 11.5 Å². The van der Waals surface area contributed by atoms with Gasteiger partial charge < -0.3 is 16.0 Å². The minimum atomic E-state index is -0.669. The van der Waals surface area contributed by atoms with Gasteiger partial charge in [0.2, 0.25) is 0 Å². The van der Waals surface area contributed by atoms with Gasteiger partial charge in [0.05, 0.1) is 28.1 Å². The number of nitrogens with two attached hydrogens (primary N) is 2. The highest BCUT2D eigenvalue weighted by Crippen LogP contribution is 2.36. The summed E-state index contributed by atoms with van der Waals surface area (Å²) in [7, 11) is 0. The molecule has 7 nitrogen and oxygen atoms in total. The van der Waals surface area contributed by atoms with E-state index in [1.165, 1.54) is 12.1 Å². The first-order valence-electron chi connectivity index (χ1n) is 12.5. The second kappa shape index (κ2) is 10.5. The molecule has 38 heavy (non-hydrogen) atoms. The van der Waals surface area contributed by atoms with Crippen LogP contribution in [-0.4, -0.2) is 21.4 Å². The van der Waals surface area contributed by atoms with Gasteiger partial charge in [-0.1, -0.05) is 39.8 Å². The van der Waals surface area contributed by atoms with Crippen molar-refractivity contribution in [1.82, 2.24) is 9.55 Å². The molecule has 4 aromatic rings. The number of hydrogen-bond acceptors (Lipinski definition) is 4. The summed E-state index contributed by atoms with van der Waals surface area (Å²) in [6.07, 6.45) is 2.41. The number of amides is 2. The van der Waals surface area contributed by atoms with Gasteiger partial charge in [-0.25, -0.2) is 4.39 Å². The van der Waals surface area contributed by atoms with Crippen LogP contribution in [0.3, 0.4) is 0 Å². The molecule has 2 aromatic heterocycles. The van der Waals surface area contributed by atoms with E-state index < -0.39 is 17.6 Å². The Hall–Kier alpha value is -4.51. The normalized spacial score (nSPS) is 11.3. The summed E-state index contributed by atoms with van der Waals surface area (Å²) in [6, 6.07) is 13.9. The predicted octanol–water partition coefficient (Wildman–Crippen LogP) is 5.28. The molecule has 0 bridgehead atoms. The monoisotopic (exact) mass is 511 g/mol. The number of nitriles is 1. The fourth-order valence-electron chi connectivity index (χ4n) is 4.86. The number of rotatable bonds is 8. The number of halogens is 1. The van der Waals surface area contributed by atoms with E-state index in [0.29, 0.717) is 35.5 Å². The van der Waals surface area contributed by atoms with Crippen molar-refractivity contribution in [2.24, 2.45) is 17.4 Å². The van der Waals surface area contributed by atoms with E-state index in [1.807, 2.05) is 68.8 Å². The van der Waals surface area contributed by atoms with Gasteiger partial charge in [-0.2, -0.15) is 5.26 Å². The van der Waals surface area contributed by atoms with Crippen molar-refractivity contribution in [3.05, 3.63) is 88.1 Å². The van der Waals surface area contributed by atoms with Crippen LogP contribution in [0, 0.1) is 23.1 Å². The highest BCUT2D eigenvalue weighted by Gasteiger charge is 2.28. The molecule has 0 aliphatic rings. The maximum Gasteiger partial charge on any atom is 0.251 e. The number of hydrogen-bond donors (Lipinski definition) is 2. The maximum atomic E-state index is 13.8. The quantitative estimate of drug-likeness (QED) is 0.333. The molecule has 0 aliphatic heterocycles. The molecule has 4 rings (SSSR count). The molecule has 2 amide bonds. The van der Waals surface area contributed by atoms with Crippen LogP contribution in [0.1, 0.15) is 76.8 Å². The lowest BCUT2D eigenvalue weighted by Crippen LogP contribution is -2.25. The van der Waals surface area contributed by atoms with Gasteiger partial charge in [-0.3, -0.25) is 14.6 Å². The Bertz CT molecular complexity index is 1610. The van der Waals surface area contributed by atoms with Crippen LogP contribution in [0.2, 0.25) is 0 Å². The first kappa shape index (κ1) is 26.6. The van der Waals surface area contributed by atoms with Crippen molar-refractivity contribution in [1.29, 1.82) is 5.26 Å².